The van der Waals surface area contributed by atoms with Crippen molar-refractivity contribution in [1.29, 1.82) is 0 Å². The van der Waals surface area contributed by atoms with Crippen LogP contribution in [0, 0.1) is 10.1 Å². The molecule has 0 spiro atoms. The Morgan fingerprint density at radius 2 is 2.26 bits per heavy atom. The van der Waals surface area contributed by atoms with E-state index in [9.17, 15) is 14.9 Å². The normalized spacial score (nSPS) is 11.7. The van der Waals surface area contributed by atoms with E-state index in [0.29, 0.717) is 11.4 Å². The van der Waals surface area contributed by atoms with Crippen molar-refractivity contribution in [2.45, 2.75) is 17.9 Å². The Bertz CT molecular complexity index is 687. The molecule has 2 aromatic rings. The van der Waals surface area contributed by atoms with E-state index >= 15 is 0 Å². The minimum atomic E-state index is -0.518. The lowest BCUT2D eigenvalue weighted by molar-refractivity contribution is -0.384. The molecule has 1 N–H and O–H groups in total. The summed E-state index contributed by atoms with van der Waals surface area (Å²) in [5.74, 6) is 1.41. The Kier molecular flexibility index (Phi) is 5.64. The van der Waals surface area contributed by atoms with Gasteiger partial charge in [0.05, 0.1) is 41.1 Å². The molecule has 122 valence electrons. The zero-order chi connectivity index (χ0) is 16.8. The minimum absolute atomic E-state index is 0.0971. The summed E-state index contributed by atoms with van der Waals surface area (Å²) in [7, 11) is 1.39. The molecule has 0 saturated heterocycles. The van der Waals surface area contributed by atoms with Gasteiger partial charge in [-0.1, -0.05) is 0 Å². The van der Waals surface area contributed by atoms with Crippen LogP contribution in [0.2, 0.25) is 0 Å². The first kappa shape index (κ1) is 16.9. The van der Waals surface area contributed by atoms with Crippen molar-refractivity contribution < 1.29 is 18.9 Å². The number of rotatable bonds is 7. The van der Waals surface area contributed by atoms with Crippen LogP contribution in [0.1, 0.15) is 12.7 Å². The number of benzene rings is 1. The van der Waals surface area contributed by atoms with Gasteiger partial charge in [0, 0.05) is 6.07 Å². The number of carbonyl (C=O) groups excluding carboxylic acids is 1. The van der Waals surface area contributed by atoms with Gasteiger partial charge in [0.25, 0.3) is 5.69 Å². The maximum absolute atomic E-state index is 12.2. The zero-order valence-corrected chi connectivity index (χ0v) is 13.5. The van der Waals surface area contributed by atoms with E-state index in [1.807, 2.05) is 6.07 Å². The predicted octanol–water partition coefficient (Wildman–Crippen LogP) is 3.46. The average molecular weight is 336 g/mol. The maximum Gasteiger partial charge on any atom is 0.273 e. The van der Waals surface area contributed by atoms with Crippen LogP contribution in [0.5, 0.6) is 5.75 Å². The van der Waals surface area contributed by atoms with E-state index in [-0.39, 0.29) is 22.6 Å². The van der Waals surface area contributed by atoms with Crippen molar-refractivity contribution >= 4 is 29.0 Å². The lowest BCUT2D eigenvalue weighted by Gasteiger charge is -2.13. The molecule has 0 aliphatic carbocycles. The smallest absolute Gasteiger partial charge is 0.273 e. The number of non-ortho nitro benzene ring substituents is 1. The zero-order valence-electron chi connectivity index (χ0n) is 12.6. The molecule has 1 atom stereocenters. The monoisotopic (exact) mass is 336 g/mol. The quantitative estimate of drug-likeness (QED) is 0.614. The molecule has 1 aromatic heterocycles. The number of thioether (sulfide) groups is 1. The fourth-order valence-corrected chi connectivity index (χ4v) is 2.60. The highest BCUT2D eigenvalue weighted by Gasteiger charge is 2.18. The highest BCUT2D eigenvalue weighted by atomic mass is 32.2. The fraction of sp³-hybridized carbons (Fsp3) is 0.267. The number of hydrogen-bond acceptors (Lipinski definition) is 6. The molecule has 2 rings (SSSR count). The van der Waals surface area contributed by atoms with Gasteiger partial charge in [-0.05, 0) is 25.1 Å². The number of ether oxygens (including phenoxy) is 1. The first-order valence-corrected chi connectivity index (χ1v) is 7.83. The number of nitro groups is 1. The lowest BCUT2D eigenvalue weighted by atomic mass is 10.2. The summed E-state index contributed by atoms with van der Waals surface area (Å²) in [5, 5.41) is 13.2. The Hall–Kier alpha value is -2.48. The molecule has 0 fully saturated rings. The molecule has 1 aromatic carbocycles. The second kappa shape index (κ2) is 7.68. The summed E-state index contributed by atoms with van der Waals surface area (Å²) in [6.07, 6.45) is 1.59. The Morgan fingerprint density at radius 1 is 1.48 bits per heavy atom. The Labute approximate surface area is 137 Å². The molecule has 0 radical (unpaired) electrons. The van der Waals surface area contributed by atoms with Gasteiger partial charge in [-0.25, -0.2) is 0 Å². The van der Waals surface area contributed by atoms with E-state index in [4.69, 9.17) is 9.15 Å². The molecular formula is C15H16N2O5S. The van der Waals surface area contributed by atoms with Gasteiger partial charge in [-0.2, -0.15) is 0 Å². The molecule has 23 heavy (non-hydrogen) atoms. The topological polar surface area (TPSA) is 94.6 Å². The van der Waals surface area contributed by atoms with Crippen LogP contribution >= 0.6 is 11.8 Å². The van der Waals surface area contributed by atoms with Crippen molar-refractivity contribution in [3.63, 3.8) is 0 Å². The number of nitrogens with zero attached hydrogens (tertiary/aromatic N) is 1. The highest BCUT2D eigenvalue weighted by Crippen LogP contribution is 2.30. The summed E-state index contributed by atoms with van der Waals surface area (Å²) in [4.78, 5) is 22.4. The van der Waals surface area contributed by atoms with Crippen molar-refractivity contribution in [1.82, 2.24) is 0 Å². The molecule has 0 saturated carbocycles. The summed E-state index contributed by atoms with van der Waals surface area (Å²) in [6.45, 7) is 1.78. The summed E-state index contributed by atoms with van der Waals surface area (Å²) >= 11 is 1.43. The van der Waals surface area contributed by atoms with Crippen LogP contribution in [0.25, 0.3) is 0 Å². The van der Waals surface area contributed by atoms with Gasteiger partial charge in [0.1, 0.15) is 11.5 Å². The van der Waals surface area contributed by atoms with Crippen LogP contribution in [0.3, 0.4) is 0 Å². The van der Waals surface area contributed by atoms with E-state index in [0.717, 1.165) is 5.76 Å². The summed E-state index contributed by atoms with van der Waals surface area (Å²) in [6, 6.07) is 7.69. The second-order valence-electron chi connectivity index (χ2n) is 4.66. The number of furan rings is 1. The van der Waals surface area contributed by atoms with Crippen LogP contribution in [-0.4, -0.2) is 23.2 Å². The van der Waals surface area contributed by atoms with Crippen LogP contribution in [0.4, 0.5) is 11.4 Å². The first-order chi connectivity index (χ1) is 11.0. The van der Waals surface area contributed by atoms with E-state index in [1.54, 1.807) is 19.3 Å². The number of carbonyl (C=O) groups is 1. The van der Waals surface area contributed by atoms with Crippen LogP contribution in [0.15, 0.2) is 41.0 Å². The van der Waals surface area contributed by atoms with Crippen molar-refractivity contribution in [2.24, 2.45) is 0 Å². The van der Waals surface area contributed by atoms with E-state index < -0.39 is 4.92 Å². The molecule has 0 aliphatic rings. The summed E-state index contributed by atoms with van der Waals surface area (Å²) < 4.78 is 10.3. The molecule has 0 aliphatic heterocycles. The van der Waals surface area contributed by atoms with Crippen molar-refractivity contribution in [2.75, 3.05) is 12.4 Å². The highest BCUT2D eigenvalue weighted by molar-refractivity contribution is 7.99. The third-order valence-electron chi connectivity index (χ3n) is 3.08. The molecule has 0 unspecified atom stereocenters. The Morgan fingerprint density at radius 3 is 2.87 bits per heavy atom. The fourth-order valence-electron chi connectivity index (χ4n) is 1.81. The van der Waals surface area contributed by atoms with Gasteiger partial charge in [-0.3, -0.25) is 14.9 Å². The van der Waals surface area contributed by atoms with Gasteiger partial charge in [-0.15, -0.1) is 11.8 Å². The van der Waals surface area contributed by atoms with Crippen molar-refractivity contribution in [3.05, 3.63) is 52.5 Å². The number of nitro benzene ring substituents is 1. The molecule has 7 nitrogen and oxygen atoms in total. The number of methoxy groups -OCH3 is 1. The van der Waals surface area contributed by atoms with E-state index in [1.165, 1.54) is 37.1 Å². The Balaban J connectivity index is 1.99. The maximum atomic E-state index is 12.2. The lowest BCUT2D eigenvalue weighted by Crippen LogP contribution is -2.22. The predicted molar refractivity (Wildman–Crippen MR) is 87.7 cm³/mol. The largest absolute Gasteiger partial charge is 0.494 e. The SMILES string of the molecule is COc1cc([N+](=O)[O-])ccc1NC(=O)[C@@H](C)SCc1ccco1. The molecule has 1 amide bonds. The molecule has 0 bridgehead atoms. The van der Waals surface area contributed by atoms with Crippen molar-refractivity contribution in [3.8, 4) is 5.75 Å². The molecule has 8 heteroatoms. The average Bonchev–Trinajstić information content (AvgIpc) is 3.06. The van der Waals surface area contributed by atoms with Gasteiger partial charge in [0.15, 0.2) is 0 Å². The first-order valence-electron chi connectivity index (χ1n) is 6.78. The van der Waals surface area contributed by atoms with Gasteiger partial charge < -0.3 is 14.5 Å². The van der Waals surface area contributed by atoms with Crippen LogP contribution in [-0.2, 0) is 10.5 Å². The summed E-state index contributed by atoms with van der Waals surface area (Å²) in [5.41, 5.74) is 0.300. The van der Waals surface area contributed by atoms with E-state index in [2.05, 4.69) is 5.32 Å². The second-order valence-corrected chi connectivity index (χ2v) is 5.99. The minimum Gasteiger partial charge on any atom is -0.494 e. The third-order valence-corrected chi connectivity index (χ3v) is 4.24. The number of hydrogen-bond donors (Lipinski definition) is 1. The number of nitrogens with one attached hydrogen (secondary N) is 1. The number of anilines is 1. The van der Waals surface area contributed by atoms with Gasteiger partial charge in [0.2, 0.25) is 5.91 Å². The third kappa shape index (κ3) is 4.49. The van der Waals surface area contributed by atoms with Gasteiger partial charge >= 0.3 is 0 Å². The van der Waals surface area contributed by atoms with Crippen LogP contribution < -0.4 is 10.1 Å². The molecular weight excluding hydrogens is 320 g/mol. The standard InChI is InChI=1S/C15H16N2O5S/c1-10(23-9-12-4-3-7-22-12)15(18)16-13-6-5-11(17(19)20)8-14(13)21-2/h3-8,10H,9H2,1-2H3,(H,16,18)/t10-/m1/s1. The molecule has 1 heterocycles. The number of amides is 1.